The number of benzene rings is 2. The first-order valence-corrected chi connectivity index (χ1v) is 21.6. The number of carbonyl (C=O) groups excluding carboxylic acids is 6. The summed E-state index contributed by atoms with van der Waals surface area (Å²) in [4.78, 5) is 109. The summed E-state index contributed by atoms with van der Waals surface area (Å²) < 4.78 is 0. The standard InChI is InChI=1S/C44H66N10O12/c1-6-24(4)36(42(64)49-25(5)37(59)51-32(43(65)66)8-7-19-48-44(46)47)54-39(61)31(17-18-35(57)58)50-41(63)34(22-27-11-15-29(56)16-12-27)53-40(62)33(20-23(2)3)52-38(60)30(45)21-26-9-13-28(55)14-10-26/h9-16,23-25,30-34,36,55-56H,6-8,17-22,45H2,1-5H3,(H,49,64)(H,50,63)(H,51,59)(H,52,60)(H,53,62)(H,54,61)(H,57,58)(H,65,66)(H4,46,47,48)/t24-,25-,30-,31-,32-,33-,34-,36-/m0/s1. The first-order chi connectivity index (χ1) is 31.0. The van der Waals surface area contributed by atoms with Gasteiger partial charge in [-0.15, -0.1) is 0 Å². The molecule has 2 rings (SSSR count). The molecule has 0 spiro atoms. The van der Waals surface area contributed by atoms with E-state index in [0.717, 1.165) is 0 Å². The molecular weight excluding hydrogens is 861 g/mol. The van der Waals surface area contributed by atoms with Gasteiger partial charge < -0.3 is 69.5 Å². The van der Waals surface area contributed by atoms with E-state index >= 15 is 0 Å². The predicted molar refractivity (Wildman–Crippen MR) is 242 cm³/mol. The molecule has 22 nitrogen and oxygen atoms in total. The minimum absolute atomic E-state index is 0.0280. The molecule has 0 radical (unpaired) electrons. The molecule has 0 aliphatic carbocycles. The third kappa shape index (κ3) is 19.8. The number of nitrogens with one attached hydrogen (secondary N) is 6. The number of rotatable bonds is 28. The third-order valence-electron chi connectivity index (χ3n) is 10.5. The Bertz CT molecular complexity index is 1990. The molecule has 8 atom stereocenters. The molecule has 0 bridgehead atoms. The number of carboxylic acid groups (broad SMARTS) is 2. The highest BCUT2D eigenvalue weighted by Gasteiger charge is 2.35. The average Bonchev–Trinajstić information content (AvgIpc) is 3.25. The fourth-order valence-corrected chi connectivity index (χ4v) is 6.50. The second-order valence-electron chi connectivity index (χ2n) is 16.5. The van der Waals surface area contributed by atoms with Crippen LogP contribution in [0.5, 0.6) is 11.5 Å². The fraction of sp³-hybridized carbons (Fsp3) is 0.523. The summed E-state index contributed by atoms with van der Waals surface area (Å²) >= 11 is 0. The minimum atomic E-state index is -1.58. The zero-order valence-corrected chi connectivity index (χ0v) is 37.9. The van der Waals surface area contributed by atoms with Gasteiger partial charge in [0.15, 0.2) is 5.96 Å². The molecule has 0 saturated carbocycles. The number of carboxylic acids is 2. The zero-order valence-electron chi connectivity index (χ0n) is 37.9. The number of phenols is 2. The number of amides is 6. The van der Waals surface area contributed by atoms with Crippen molar-refractivity contribution >= 4 is 53.3 Å². The summed E-state index contributed by atoms with van der Waals surface area (Å²) in [5.41, 5.74) is 17.9. The van der Waals surface area contributed by atoms with Crippen LogP contribution in [0.3, 0.4) is 0 Å². The van der Waals surface area contributed by atoms with Crippen LogP contribution in [0, 0.1) is 11.8 Å². The number of hydrogen-bond acceptors (Lipinski definition) is 12. The number of nitrogens with two attached hydrogens (primary N) is 3. The highest BCUT2D eigenvalue weighted by Crippen LogP contribution is 2.15. The van der Waals surface area contributed by atoms with E-state index in [-0.39, 0.29) is 62.0 Å². The van der Waals surface area contributed by atoms with Crippen LogP contribution in [0.4, 0.5) is 0 Å². The zero-order chi connectivity index (χ0) is 49.7. The molecule has 2 aromatic rings. The number of carbonyl (C=O) groups is 8. The Hall–Kier alpha value is -6.97. The monoisotopic (exact) mass is 926 g/mol. The fourth-order valence-electron chi connectivity index (χ4n) is 6.50. The van der Waals surface area contributed by atoms with Gasteiger partial charge in [-0.3, -0.25) is 38.6 Å². The SMILES string of the molecule is CC[C@H](C)[C@H](NC(=O)[C@H](CCC(=O)O)NC(=O)[C@H](Cc1ccc(O)cc1)NC(=O)[C@H](CC(C)C)NC(=O)[C@@H](N)Cc1ccc(O)cc1)C(=O)N[C@@H](C)C(=O)N[C@@H](CCCN=C(N)N)C(=O)O. The minimum Gasteiger partial charge on any atom is -0.508 e. The van der Waals surface area contributed by atoms with Crippen LogP contribution >= 0.6 is 0 Å². The lowest BCUT2D eigenvalue weighted by Gasteiger charge is -2.29. The average molecular weight is 927 g/mol. The summed E-state index contributed by atoms with van der Waals surface area (Å²) in [5.74, 6) is -8.58. The number of hydrogen-bond donors (Lipinski definition) is 13. The van der Waals surface area contributed by atoms with Crippen molar-refractivity contribution in [2.45, 2.75) is 128 Å². The van der Waals surface area contributed by atoms with E-state index in [1.165, 1.54) is 43.3 Å². The topological polar surface area (TPSA) is 380 Å². The molecule has 0 saturated heterocycles. The molecule has 364 valence electrons. The molecular formula is C44H66N10O12. The lowest BCUT2D eigenvalue weighted by Crippen LogP contribution is -2.60. The molecule has 0 unspecified atom stereocenters. The third-order valence-corrected chi connectivity index (χ3v) is 10.5. The Labute approximate surface area is 383 Å². The van der Waals surface area contributed by atoms with Crippen molar-refractivity contribution in [2.24, 2.45) is 34.0 Å². The summed E-state index contributed by atoms with van der Waals surface area (Å²) in [5, 5.41) is 53.9. The van der Waals surface area contributed by atoms with Crippen molar-refractivity contribution in [3.05, 3.63) is 59.7 Å². The Balaban J connectivity index is 2.35. The van der Waals surface area contributed by atoms with E-state index in [9.17, 15) is 58.8 Å². The van der Waals surface area contributed by atoms with Gasteiger partial charge in [0.25, 0.3) is 0 Å². The first kappa shape index (κ1) is 55.2. The van der Waals surface area contributed by atoms with Crippen LogP contribution in [-0.4, -0.2) is 123 Å². The van der Waals surface area contributed by atoms with Crippen molar-refractivity contribution in [2.75, 3.05) is 6.54 Å². The van der Waals surface area contributed by atoms with Crippen LogP contribution in [-0.2, 0) is 51.2 Å². The molecule has 0 aliphatic heterocycles. The number of aliphatic imine (C=N–C) groups is 1. The van der Waals surface area contributed by atoms with Gasteiger partial charge in [-0.2, -0.15) is 0 Å². The van der Waals surface area contributed by atoms with Gasteiger partial charge in [-0.1, -0.05) is 58.4 Å². The number of aromatic hydroxyl groups is 2. The van der Waals surface area contributed by atoms with Crippen LogP contribution in [0.15, 0.2) is 53.5 Å². The maximum absolute atomic E-state index is 14.2. The predicted octanol–water partition coefficient (Wildman–Crippen LogP) is -0.766. The summed E-state index contributed by atoms with van der Waals surface area (Å²) in [6.07, 6.45) is -0.515. The van der Waals surface area contributed by atoms with Crippen molar-refractivity contribution < 1.29 is 58.8 Å². The molecule has 66 heavy (non-hydrogen) atoms. The second-order valence-corrected chi connectivity index (χ2v) is 16.5. The Morgan fingerprint density at radius 2 is 1.11 bits per heavy atom. The number of aliphatic carboxylic acids is 2. The van der Waals surface area contributed by atoms with E-state index in [1.54, 1.807) is 26.0 Å². The molecule has 0 aromatic heterocycles. The van der Waals surface area contributed by atoms with Crippen LogP contribution < -0.4 is 49.1 Å². The highest BCUT2D eigenvalue weighted by atomic mass is 16.4. The van der Waals surface area contributed by atoms with Crippen molar-refractivity contribution in [3.63, 3.8) is 0 Å². The molecule has 0 aliphatic rings. The number of nitrogens with zero attached hydrogens (tertiary/aromatic N) is 1. The van der Waals surface area contributed by atoms with Gasteiger partial charge in [0, 0.05) is 19.4 Å². The molecule has 0 heterocycles. The van der Waals surface area contributed by atoms with E-state index in [4.69, 9.17) is 17.2 Å². The largest absolute Gasteiger partial charge is 0.508 e. The summed E-state index contributed by atoms with van der Waals surface area (Å²) in [7, 11) is 0. The Morgan fingerprint density at radius 3 is 1.62 bits per heavy atom. The maximum Gasteiger partial charge on any atom is 0.326 e. The normalized spacial score (nSPS) is 14.7. The van der Waals surface area contributed by atoms with Crippen LogP contribution in [0.25, 0.3) is 0 Å². The van der Waals surface area contributed by atoms with Crippen LogP contribution in [0.1, 0.15) is 84.3 Å². The smallest absolute Gasteiger partial charge is 0.326 e. The molecule has 16 N–H and O–H groups in total. The number of guanidine groups is 1. The highest BCUT2D eigenvalue weighted by molar-refractivity contribution is 5.97. The first-order valence-electron chi connectivity index (χ1n) is 21.6. The van der Waals surface area contributed by atoms with Gasteiger partial charge in [-0.05, 0) is 86.3 Å². The second kappa shape index (κ2) is 27.4. The molecule has 6 amide bonds. The van der Waals surface area contributed by atoms with Gasteiger partial charge in [0.1, 0.15) is 47.8 Å². The molecule has 2 aromatic carbocycles. The van der Waals surface area contributed by atoms with Crippen molar-refractivity contribution in [1.82, 2.24) is 31.9 Å². The quantitative estimate of drug-likeness (QED) is 0.0283. The molecule has 22 heteroatoms. The van der Waals surface area contributed by atoms with E-state index in [1.807, 2.05) is 13.8 Å². The van der Waals surface area contributed by atoms with Crippen molar-refractivity contribution in [1.29, 1.82) is 0 Å². The lowest BCUT2D eigenvalue weighted by molar-refractivity contribution is -0.142. The lowest BCUT2D eigenvalue weighted by atomic mass is 9.97. The van der Waals surface area contributed by atoms with Gasteiger partial charge in [0.2, 0.25) is 35.4 Å². The van der Waals surface area contributed by atoms with Gasteiger partial charge in [-0.25, -0.2) is 4.79 Å². The summed E-state index contributed by atoms with van der Waals surface area (Å²) in [6.45, 7) is 8.41. The maximum atomic E-state index is 14.2. The number of phenolic OH excluding ortho intramolecular Hbond substituents is 2. The van der Waals surface area contributed by atoms with E-state index in [0.29, 0.717) is 17.5 Å². The van der Waals surface area contributed by atoms with Crippen LogP contribution in [0.2, 0.25) is 0 Å². The Kier molecular flexibility index (Phi) is 22.9. The van der Waals surface area contributed by atoms with E-state index < -0.39 is 108 Å². The van der Waals surface area contributed by atoms with E-state index in [2.05, 4.69) is 36.9 Å². The van der Waals surface area contributed by atoms with Crippen molar-refractivity contribution in [3.8, 4) is 11.5 Å². The Morgan fingerprint density at radius 1 is 0.606 bits per heavy atom. The summed E-state index contributed by atoms with van der Waals surface area (Å²) in [6, 6.07) is 2.56. The van der Waals surface area contributed by atoms with Gasteiger partial charge in [0.05, 0.1) is 6.04 Å². The van der Waals surface area contributed by atoms with Gasteiger partial charge >= 0.3 is 11.9 Å². The molecule has 0 fully saturated rings.